The molecule has 7 heteroatoms. The molecule has 0 fully saturated rings. The SMILES string of the molecule is O=[C]([Ti][C](=O)C(O)CO)C(O)CO. The summed E-state index contributed by atoms with van der Waals surface area (Å²) >= 11 is -1.83. The second kappa shape index (κ2) is 6.36. The van der Waals surface area contributed by atoms with Gasteiger partial charge >= 0.3 is 82.8 Å². The average Bonchev–Trinajstić information content (AvgIpc) is 2.14. The number of carbonyl (C=O) groups is 2. The second-order valence-electron chi connectivity index (χ2n) is 2.25. The molecular formula is C6H10O6Ti. The van der Waals surface area contributed by atoms with E-state index in [1.807, 2.05) is 0 Å². The van der Waals surface area contributed by atoms with E-state index in [1.54, 1.807) is 0 Å². The van der Waals surface area contributed by atoms with Gasteiger partial charge in [-0.2, -0.15) is 0 Å². The minimum atomic E-state index is -1.83. The second-order valence-corrected chi connectivity index (χ2v) is 4.18. The molecule has 0 bridgehead atoms. The third-order valence-corrected chi connectivity index (χ3v) is 3.01. The summed E-state index contributed by atoms with van der Waals surface area (Å²) in [5, 5.41) is 34.2. The van der Waals surface area contributed by atoms with Crippen LogP contribution in [0, 0.1) is 0 Å². The van der Waals surface area contributed by atoms with Crippen molar-refractivity contribution in [2.75, 3.05) is 13.2 Å². The fourth-order valence-corrected chi connectivity index (χ4v) is 1.64. The van der Waals surface area contributed by atoms with Gasteiger partial charge in [-0.25, -0.2) is 0 Å². The Bertz CT molecular complexity index is 174. The van der Waals surface area contributed by atoms with Gasteiger partial charge in [-0.05, 0) is 0 Å². The van der Waals surface area contributed by atoms with Crippen molar-refractivity contribution in [3.63, 3.8) is 0 Å². The molecule has 13 heavy (non-hydrogen) atoms. The van der Waals surface area contributed by atoms with Crippen molar-refractivity contribution in [1.82, 2.24) is 0 Å². The predicted octanol–water partition coefficient (Wildman–Crippen LogP) is -3.17. The van der Waals surface area contributed by atoms with E-state index >= 15 is 0 Å². The Labute approximate surface area is 83.1 Å². The third-order valence-electron chi connectivity index (χ3n) is 1.20. The summed E-state index contributed by atoms with van der Waals surface area (Å²) in [6.07, 6.45) is -3.09. The first-order valence-corrected chi connectivity index (χ1v) is 5.01. The normalized spacial score (nSPS) is 14.8. The predicted molar refractivity (Wildman–Crippen MR) is 36.2 cm³/mol. The van der Waals surface area contributed by atoms with E-state index in [0.29, 0.717) is 0 Å². The molecule has 74 valence electrons. The molecule has 0 heterocycles. The van der Waals surface area contributed by atoms with Gasteiger partial charge in [0.05, 0.1) is 0 Å². The molecule has 0 rings (SSSR count). The van der Waals surface area contributed by atoms with E-state index in [1.165, 1.54) is 0 Å². The first-order chi connectivity index (χ1) is 6.02. The van der Waals surface area contributed by atoms with Gasteiger partial charge in [0, 0.05) is 0 Å². The van der Waals surface area contributed by atoms with E-state index < -0.39 is 52.8 Å². The maximum absolute atomic E-state index is 10.8. The summed E-state index contributed by atoms with van der Waals surface area (Å²) in [5.41, 5.74) is 0. The van der Waals surface area contributed by atoms with Crippen LogP contribution in [0.25, 0.3) is 0 Å². The summed E-state index contributed by atoms with van der Waals surface area (Å²) in [4.78, 5) is 21.7. The van der Waals surface area contributed by atoms with E-state index in [2.05, 4.69) is 0 Å². The zero-order valence-electron chi connectivity index (χ0n) is 6.67. The molecule has 0 spiro atoms. The minimum absolute atomic E-state index is 0.731. The van der Waals surface area contributed by atoms with Gasteiger partial charge in [0.1, 0.15) is 0 Å². The molecule has 6 nitrogen and oxygen atoms in total. The average molecular weight is 226 g/mol. The Morgan fingerprint density at radius 3 is 1.54 bits per heavy atom. The van der Waals surface area contributed by atoms with Crippen molar-refractivity contribution in [1.29, 1.82) is 0 Å². The Balaban J connectivity index is 3.99. The number of rotatable bonds is 6. The summed E-state index contributed by atoms with van der Waals surface area (Å²) in [6, 6.07) is 0. The Kier molecular flexibility index (Phi) is 6.31. The molecule has 0 aromatic rings. The molecule has 2 atom stereocenters. The van der Waals surface area contributed by atoms with Crippen LogP contribution in [0.2, 0.25) is 0 Å². The van der Waals surface area contributed by atoms with Gasteiger partial charge in [-0.15, -0.1) is 0 Å². The topological polar surface area (TPSA) is 115 Å². The van der Waals surface area contributed by atoms with Gasteiger partial charge < -0.3 is 0 Å². The number of hydrogen-bond donors (Lipinski definition) is 4. The number of aliphatic hydroxyl groups excluding tert-OH is 4. The van der Waals surface area contributed by atoms with Crippen LogP contribution in [-0.4, -0.2) is 54.0 Å². The summed E-state index contributed by atoms with van der Waals surface area (Å²) in [6.45, 7) is -1.46. The van der Waals surface area contributed by atoms with Crippen molar-refractivity contribution in [2.45, 2.75) is 12.2 Å². The molecule has 0 aromatic heterocycles. The van der Waals surface area contributed by atoms with Crippen LogP contribution < -0.4 is 0 Å². The molecule has 4 N–H and O–H groups in total. The molecule has 0 aliphatic carbocycles. The summed E-state index contributed by atoms with van der Waals surface area (Å²) in [7, 11) is 0. The van der Waals surface area contributed by atoms with Gasteiger partial charge in [0.2, 0.25) is 0 Å². The van der Waals surface area contributed by atoms with E-state index in [-0.39, 0.29) is 0 Å². The van der Waals surface area contributed by atoms with Crippen molar-refractivity contribution in [3.8, 4) is 0 Å². The van der Waals surface area contributed by atoms with Crippen LogP contribution in [0.4, 0.5) is 0 Å². The van der Waals surface area contributed by atoms with E-state index in [0.717, 1.165) is 0 Å². The van der Waals surface area contributed by atoms with Crippen molar-refractivity contribution >= 4 is 8.18 Å². The number of aliphatic hydroxyl groups is 4. The zero-order chi connectivity index (χ0) is 10.4. The van der Waals surface area contributed by atoms with Crippen LogP contribution in [0.3, 0.4) is 0 Å². The molecule has 0 saturated carbocycles. The Hall–Kier alpha value is -0.106. The van der Waals surface area contributed by atoms with Gasteiger partial charge in [0.15, 0.2) is 0 Å². The van der Waals surface area contributed by atoms with Crippen molar-refractivity contribution in [2.24, 2.45) is 0 Å². The van der Waals surface area contributed by atoms with Crippen molar-refractivity contribution in [3.05, 3.63) is 0 Å². The standard InChI is InChI=1S/2C3H5O3.Ti/c2*4-1-3(6)2-5;/h2*3-4,6H,1H2;. The quantitative estimate of drug-likeness (QED) is 0.355. The van der Waals surface area contributed by atoms with Crippen LogP contribution in [0.5, 0.6) is 0 Å². The molecule has 0 radical (unpaired) electrons. The molecule has 0 aliphatic heterocycles. The van der Waals surface area contributed by atoms with E-state index in [9.17, 15) is 9.59 Å². The molecule has 0 aliphatic rings. The summed E-state index contributed by atoms with van der Waals surface area (Å²) < 4.78 is -1.50. The first-order valence-electron chi connectivity index (χ1n) is 3.45. The fourth-order valence-electron chi connectivity index (χ4n) is 0.454. The molecular weight excluding hydrogens is 216 g/mol. The van der Waals surface area contributed by atoms with Gasteiger partial charge in [-0.3, -0.25) is 0 Å². The maximum atomic E-state index is 10.8. The van der Waals surface area contributed by atoms with Crippen LogP contribution in [0.15, 0.2) is 0 Å². The molecule has 2 unspecified atom stereocenters. The van der Waals surface area contributed by atoms with Crippen LogP contribution in [0.1, 0.15) is 0 Å². The van der Waals surface area contributed by atoms with Gasteiger partial charge in [-0.1, -0.05) is 0 Å². The van der Waals surface area contributed by atoms with Crippen LogP contribution in [-0.2, 0) is 28.7 Å². The first kappa shape index (κ1) is 12.9. The number of carbonyl (C=O) groups excluding carboxylic acids is 2. The van der Waals surface area contributed by atoms with E-state index in [4.69, 9.17) is 20.4 Å². The number of hydrogen-bond acceptors (Lipinski definition) is 6. The Morgan fingerprint density at radius 1 is 1.00 bits per heavy atom. The molecule has 0 amide bonds. The van der Waals surface area contributed by atoms with Crippen molar-refractivity contribution < 1.29 is 49.2 Å². The van der Waals surface area contributed by atoms with Gasteiger partial charge in [0.25, 0.3) is 0 Å². The van der Waals surface area contributed by atoms with Crippen LogP contribution >= 0.6 is 0 Å². The molecule has 0 aromatic carbocycles. The third kappa shape index (κ3) is 4.61. The Morgan fingerprint density at radius 2 is 1.31 bits per heavy atom. The fraction of sp³-hybridized carbons (Fsp3) is 0.667. The monoisotopic (exact) mass is 226 g/mol. The zero-order valence-corrected chi connectivity index (χ0v) is 8.24. The summed E-state index contributed by atoms with van der Waals surface area (Å²) in [5.74, 6) is 0. The molecule has 0 saturated heterocycles.